The molecule has 3 nitrogen and oxygen atoms in total. The van der Waals surface area contributed by atoms with Gasteiger partial charge in [-0.25, -0.2) is 0 Å². The van der Waals surface area contributed by atoms with Crippen molar-refractivity contribution in [2.24, 2.45) is 0 Å². The normalized spacial score (nSPS) is 10.4. The Morgan fingerprint density at radius 2 is 1.79 bits per heavy atom. The van der Waals surface area contributed by atoms with E-state index in [2.05, 4.69) is 12.1 Å². The molecular weight excluding hydrogens is 240 g/mol. The summed E-state index contributed by atoms with van der Waals surface area (Å²) in [6.07, 6.45) is 4.67. The molecule has 0 radical (unpaired) electrons. The number of carbonyl (C=O) groups is 1. The molecule has 0 saturated carbocycles. The van der Waals surface area contributed by atoms with Gasteiger partial charge >= 0.3 is 5.97 Å². The fraction of sp³-hybridized carbons (Fsp3) is 0.562. The number of hydrogen-bond donors (Lipinski definition) is 0. The first kappa shape index (κ1) is 15.7. The van der Waals surface area contributed by atoms with Crippen LogP contribution in [0.2, 0.25) is 0 Å². The van der Waals surface area contributed by atoms with Gasteiger partial charge in [-0.1, -0.05) is 43.2 Å². The predicted molar refractivity (Wildman–Crippen MR) is 75.8 cm³/mol. The Morgan fingerprint density at radius 1 is 1.05 bits per heavy atom. The van der Waals surface area contributed by atoms with E-state index in [-0.39, 0.29) is 5.97 Å². The number of rotatable bonds is 10. The summed E-state index contributed by atoms with van der Waals surface area (Å²) in [4.78, 5) is 11.1. The Balaban J connectivity index is 1.88. The van der Waals surface area contributed by atoms with Crippen LogP contribution < -0.4 is 0 Å². The van der Waals surface area contributed by atoms with Crippen LogP contribution in [-0.2, 0) is 20.9 Å². The van der Waals surface area contributed by atoms with Crippen molar-refractivity contribution in [2.75, 3.05) is 13.2 Å². The first-order valence-corrected chi connectivity index (χ1v) is 7.10. The molecule has 0 unspecified atom stereocenters. The first-order chi connectivity index (χ1) is 9.33. The average Bonchev–Trinajstić information content (AvgIpc) is 2.43. The summed E-state index contributed by atoms with van der Waals surface area (Å²) in [5, 5.41) is 0. The van der Waals surface area contributed by atoms with Gasteiger partial charge in [0.1, 0.15) is 0 Å². The Kier molecular flexibility index (Phi) is 8.73. The summed E-state index contributed by atoms with van der Waals surface area (Å²) >= 11 is 0. The Hall–Kier alpha value is -1.35. The van der Waals surface area contributed by atoms with Crippen LogP contribution in [0.25, 0.3) is 0 Å². The van der Waals surface area contributed by atoms with Gasteiger partial charge in [-0.05, 0) is 25.3 Å². The van der Waals surface area contributed by atoms with Crippen LogP contribution in [0.1, 0.15) is 44.6 Å². The molecule has 0 saturated heterocycles. The third-order valence-corrected chi connectivity index (χ3v) is 2.84. The zero-order valence-corrected chi connectivity index (χ0v) is 11.8. The molecule has 19 heavy (non-hydrogen) atoms. The zero-order valence-electron chi connectivity index (χ0n) is 11.8. The molecule has 1 rings (SSSR count). The van der Waals surface area contributed by atoms with E-state index in [9.17, 15) is 4.79 Å². The smallest absolute Gasteiger partial charge is 0.305 e. The van der Waals surface area contributed by atoms with E-state index in [0.717, 1.165) is 32.3 Å². The minimum absolute atomic E-state index is 0.0807. The molecule has 0 aliphatic carbocycles. The summed E-state index contributed by atoms with van der Waals surface area (Å²) in [5.74, 6) is -0.0807. The summed E-state index contributed by atoms with van der Waals surface area (Å²) in [5.41, 5.74) is 1.21. The quantitative estimate of drug-likeness (QED) is 0.477. The highest BCUT2D eigenvalue weighted by Crippen LogP contribution is 2.06. The van der Waals surface area contributed by atoms with E-state index < -0.39 is 0 Å². The Bertz CT molecular complexity index is 335. The van der Waals surface area contributed by atoms with Gasteiger partial charge in [-0.2, -0.15) is 0 Å². The van der Waals surface area contributed by atoms with Crippen molar-refractivity contribution in [1.82, 2.24) is 0 Å². The minimum Gasteiger partial charge on any atom is -0.466 e. The van der Waals surface area contributed by atoms with Gasteiger partial charge in [0.25, 0.3) is 0 Å². The molecule has 0 aliphatic rings. The van der Waals surface area contributed by atoms with Crippen molar-refractivity contribution >= 4 is 5.97 Å². The largest absolute Gasteiger partial charge is 0.466 e. The van der Waals surface area contributed by atoms with E-state index in [4.69, 9.17) is 9.47 Å². The molecule has 0 fully saturated rings. The molecule has 3 heteroatoms. The first-order valence-electron chi connectivity index (χ1n) is 7.10. The van der Waals surface area contributed by atoms with Crippen molar-refractivity contribution in [1.29, 1.82) is 0 Å². The fourth-order valence-electron chi connectivity index (χ4n) is 1.82. The van der Waals surface area contributed by atoms with Gasteiger partial charge in [0.05, 0.1) is 13.2 Å². The third kappa shape index (κ3) is 8.38. The molecule has 0 heterocycles. The topological polar surface area (TPSA) is 35.5 Å². The number of esters is 1. The van der Waals surface area contributed by atoms with Crippen LogP contribution in [0, 0.1) is 0 Å². The molecule has 1 aromatic carbocycles. The molecule has 0 amide bonds. The molecule has 0 aromatic heterocycles. The number of benzene rings is 1. The third-order valence-electron chi connectivity index (χ3n) is 2.84. The van der Waals surface area contributed by atoms with Crippen LogP contribution in [0.15, 0.2) is 30.3 Å². The molecule has 1 aromatic rings. The summed E-state index contributed by atoms with van der Waals surface area (Å²) in [7, 11) is 0. The lowest BCUT2D eigenvalue weighted by Crippen LogP contribution is -2.03. The summed E-state index contributed by atoms with van der Waals surface area (Å²) < 4.78 is 10.5. The van der Waals surface area contributed by atoms with E-state index in [1.165, 1.54) is 5.56 Å². The van der Waals surface area contributed by atoms with Crippen LogP contribution in [-0.4, -0.2) is 19.2 Å². The van der Waals surface area contributed by atoms with E-state index in [1.807, 2.05) is 25.1 Å². The maximum absolute atomic E-state index is 11.1. The van der Waals surface area contributed by atoms with Gasteiger partial charge in [0.15, 0.2) is 0 Å². The Morgan fingerprint density at radius 3 is 2.53 bits per heavy atom. The zero-order chi connectivity index (χ0) is 13.8. The molecule has 0 atom stereocenters. The second-order valence-corrected chi connectivity index (χ2v) is 4.51. The van der Waals surface area contributed by atoms with Gasteiger partial charge in [-0.15, -0.1) is 0 Å². The maximum atomic E-state index is 11.1. The molecule has 106 valence electrons. The second kappa shape index (κ2) is 10.6. The maximum Gasteiger partial charge on any atom is 0.305 e. The number of ether oxygens (including phenoxy) is 2. The Labute approximate surface area is 115 Å². The second-order valence-electron chi connectivity index (χ2n) is 4.51. The van der Waals surface area contributed by atoms with Crippen molar-refractivity contribution in [3.05, 3.63) is 35.9 Å². The van der Waals surface area contributed by atoms with Gasteiger partial charge in [-0.3, -0.25) is 4.79 Å². The molecular formula is C16H24O3. The van der Waals surface area contributed by atoms with E-state index >= 15 is 0 Å². The van der Waals surface area contributed by atoms with Gasteiger partial charge in [0, 0.05) is 13.0 Å². The van der Waals surface area contributed by atoms with Crippen LogP contribution in [0.4, 0.5) is 0 Å². The molecule has 0 bridgehead atoms. The number of carbonyl (C=O) groups excluding carboxylic acids is 1. The van der Waals surface area contributed by atoms with Gasteiger partial charge in [0.2, 0.25) is 0 Å². The number of hydrogen-bond acceptors (Lipinski definition) is 3. The van der Waals surface area contributed by atoms with E-state index in [1.54, 1.807) is 0 Å². The lowest BCUT2D eigenvalue weighted by molar-refractivity contribution is -0.143. The SMILES string of the molecule is CCOC(=O)CCCCCCOCc1ccccc1. The van der Waals surface area contributed by atoms with Crippen LogP contribution in [0.3, 0.4) is 0 Å². The highest BCUT2D eigenvalue weighted by atomic mass is 16.5. The monoisotopic (exact) mass is 264 g/mol. The molecule has 0 aliphatic heterocycles. The van der Waals surface area contributed by atoms with Crippen molar-refractivity contribution < 1.29 is 14.3 Å². The fourth-order valence-corrected chi connectivity index (χ4v) is 1.82. The van der Waals surface area contributed by atoms with Crippen molar-refractivity contribution in [2.45, 2.75) is 45.6 Å². The molecule has 0 N–H and O–H groups in total. The predicted octanol–water partition coefficient (Wildman–Crippen LogP) is 3.72. The minimum atomic E-state index is -0.0807. The van der Waals surface area contributed by atoms with Crippen molar-refractivity contribution in [3.8, 4) is 0 Å². The number of unbranched alkanes of at least 4 members (excludes halogenated alkanes) is 3. The summed E-state index contributed by atoms with van der Waals surface area (Å²) in [6.45, 7) is 3.78. The summed E-state index contributed by atoms with van der Waals surface area (Å²) in [6, 6.07) is 10.2. The highest BCUT2D eigenvalue weighted by molar-refractivity contribution is 5.69. The lowest BCUT2D eigenvalue weighted by atomic mass is 10.1. The van der Waals surface area contributed by atoms with Gasteiger partial charge < -0.3 is 9.47 Å². The van der Waals surface area contributed by atoms with Crippen LogP contribution >= 0.6 is 0 Å². The lowest BCUT2D eigenvalue weighted by Gasteiger charge is -2.04. The molecule has 0 spiro atoms. The average molecular weight is 264 g/mol. The standard InChI is InChI=1S/C16H24O3/c1-2-19-16(17)12-8-3-4-9-13-18-14-15-10-6-5-7-11-15/h5-7,10-11H,2-4,8-9,12-14H2,1H3. The van der Waals surface area contributed by atoms with Crippen LogP contribution in [0.5, 0.6) is 0 Å². The van der Waals surface area contributed by atoms with Crippen molar-refractivity contribution in [3.63, 3.8) is 0 Å². The van der Waals surface area contributed by atoms with E-state index in [0.29, 0.717) is 19.6 Å². The highest BCUT2D eigenvalue weighted by Gasteiger charge is 2.00.